The Balaban J connectivity index is 1.49. The molecule has 0 aromatic heterocycles. The lowest BCUT2D eigenvalue weighted by Gasteiger charge is -2.33. The molecule has 2 aliphatic heterocycles. The molecule has 1 saturated heterocycles. The molecule has 0 unspecified atom stereocenters. The molecule has 0 spiro atoms. The van der Waals surface area contributed by atoms with Crippen LogP contribution < -0.4 is 15.5 Å². The average Bonchev–Trinajstić information content (AvgIpc) is 3.11. The van der Waals surface area contributed by atoms with Crippen molar-refractivity contribution in [2.75, 3.05) is 16.8 Å². The lowest BCUT2D eigenvalue weighted by Crippen LogP contribution is -2.44. The second-order valence-electron chi connectivity index (χ2n) is 6.74. The third-order valence-electron chi connectivity index (χ3n) is 4.96. The number of fused-ring (bicyclic) bond motifs is 3. The fourth-order valence-corrected chi connectivity index (χ4v) is 3.56. The first-order chi connectivity index (χ1) is 12.1. The molecule has 1 fully saturated rings. The Morgan fingerprint density at radius 1 is 1.24 bits per heavy atom. The summed E-state index contributed by atoms with van der Waals surface area (Å²) in [6.45, 7) is 3.41. The SMILES string of the molecule is Cc1ccc(CNC(=O)c2ccc3c(c2)NC(=O)[C@H]2CCCN32)cc1. The van der Waals surface area contributed by atoms with Crippen molar-refractivity contribution in [2.24, 2.45) is 0 Å². The molecule has 0 radical (unpaired) electrons. The summed E-state index contributed by atoms with van der Waals surface area (Å²) in [6, 6.07) is 13.6. The largest absolute Gasteiger partial charge is 0.358 e. The highest BCUT2D eigenvalue weighted by atomic mass is 16.2. The first-order valence-electron chi connectivity index (χ1n) is 8.67. The molecule has 128 valence electrons. The summed E-state index contributed by atoms with van der Waals surface area (Å²) in [5, 5.41) is 5.88. The van der Waals surface area contributed by atoms with Crippen LogP contribution in [0.4, 0.5) is 11.4 Å². The lowest BCUT2D eigenvalue weighted by molar-refractivity contribution is -0.117. The molecule has 5 nitrogen and oxygen atoms in total. The van der Waals surface area contributed by atoms with Crippen molar-refractivity contribution in [3.8, 4) is 0 Å². The molecular formula is C20H21N3O2. The van der Waals surface area contributed by atoms with E-state index in [2.05, 4.69) is 15.5 Å². The van der Waals surface area contributed by atoms with Gasteiger partial charge in [-0.05, 0) is 43.5 Å². The van der Waals surface area contributed by atoms with Gasteiger partial charge in [0.15, 0.2) is 0 Å². The van der Waals surface area contributed by atoms with Crippen LogP contribution in [0.25, 0.3) is 0 Å². The van der Waals surface area contributed by atoms with Crippen molar-refractivity contribution in [3.63, 3.8) is 0 Å². The van der Waals surface area contributed by atoms with Gasteiger partial charge in [0, 0.05) is 18.7 Å². The number of carbonyl (C=O) groups excluding carboxylic acids is 2. The van der Waals surface area contributed by atoms with E-state index in [1.54, 1.807) is 6.07 Å². The maximum atomic E-state index is 12.4. The molecule has 2 aromatic carbocycles. The van der Waals surface area contributed by atoms with Crippen molar-refractivity contribution < 1.29 is 9.59 Å². The normalized spacial score (nSPS) is 18.4. The van der Waals surface area contributed by atoms with E-state index in [9.17, 15) is 9.59 Å². The number of rotatable bonds is 3. The van der Waals surface area contributed by atoms with E-state index in [0.29, 0.717) is 12.1 Å². The van der Waals surface area contributed by atoms with Crippen LogP contribution in [0.15, 0.2) is 42.5 Å². The van der Waals surface area contributed by atoms with Gasteiger partial charge in [-0.2, -0.15) is 0 Å². The van der Waals surface area contributed by atoms with Crippen LogP contribution in [0.1, 0.15) is 34.3 Å². The second-order valence-corrected chi connectivity index (χ2v) is 6.74. The van der Waals surface area contributed by atoms with Crippen LogP contribution in [0.2, 0.25) is 0 Å². The number of hydrogen-bond acceptors (Lipinski definition) is 3. The third kappa shape index (κ3) is 2.97. The lowest BCUT2D eigenvalue weighted by atomic mass is 10.1. The first kappa shape index (κ1) is 15.7. The number of carbonyl (C=O) groups is 2. The van der Waals surface area contributed by atoms with Crippen LogP contribution in [-0.2, 0) is 11.3 Å². The van der Waals surface area contributed by atoms with Gasteiger partial charge in [-0.25, -0.2) is 0 Å². The number of aryl methyl sites for hydroxylation is 1. The minimum absolute atomic E-state index is 0.0298. The molecule has 1 atom stereocenters. The van der Waals surface area contributed by atoms with E-state index < -0.39 is 0 Å². The summed E-state index contributed by atoms with van der Waals surface area (Å²) in [6.07, 6.45) is 1.92. The molecular weight excluding hydrogens is 314 g/mol. The molecule has 5 heteroatoms. The Bertz CT molecular complexity index is 829. The molecule has 25 heavy (non-hydrogen) atoms. The molecule has 0 saturated carbocycles. The quantitative estimate of drug-likeness (QED) is 0.907. The van der Waals surface area contributed by atoms with Crippen LogP contribution in [0.5, 0.6) is 0 Å². The summed E-state index contributed by atoms with van der Waals surface area (Å²) in [7, 11) is 0. The Morgan fingerprint density at radius 3 is 2.84 bits per heavy atom. The van der Waals surface area contributed by atoms with Crippen molar-refractivity contribution in [3.05, 3.63) is 59.2 Å². The highest BCUT2D eigenvalue weighted by molar-refractivity contribution is 6.06. The molecule has 2 aromatic rings. The minimum Gasteiger partial charge on any atom is -0.358 e. The van der Waals surface area contributed by atoms with Crippen LogP contribution in [-0.4, -0.2) is 24.4 Å². The number of amides is 2. The average molecular weight is 335 g/mol. The predicted molar refractivity (Wildman–Crippen MR) is 97.8 cm³/mol. The van der Waals surface area contributed by atoms with E-state index in [-0.39, 0.29) is 17.9 Å². The van der Waals surface area contributed by atoms with Gasteiger partial charge in [-0.3, -0.25) is 9.59 Å². The summed E-state index contributed by atoms with van der Waals surface area (Å²) < 4.78 is 0. The fraction of sp³-hybridized carbons (Fsp3) is 0.300. The molecule has 2 amide bonds. The molecule has 0 aliphatic carbocycles. The molecule has 4 rings (SSSR count). The highest BCUT2D eigenvalue weighted by Crippen LogP contribution is 2.37. The maximum absolute atomic E-state index is 12.4. The van der Waals surface area contributed by atoms with E-state index in [1.807, 2.05) is 43.3 Å². The van der Waals surface area contributed by atoms with Crippen molar-refractivity contribution in [1.29, 1.82) is 0 Å². The van der Waals surface area contributed by atoms with Gasteiger partial charge < -0.3 is 15.5 Å². The number of nitrogens with zero attached hydrogens (tertiary/aromatic N) is 1. The Labute approximate surface area is 147 Å². The summed E-state index contributed by atoms with van der Waals surface area (Å²) in [4.78, 5) is 26.8. The van der Waals surface area contributed by atoms with Crippen molar-refractivity contribution in [2.45, 2.75) is 32.4 Å². The molecule has 2 aliphatic rings. The molecule has 2 N–H and O–H groups in total. The zero-order valence-corrected chi connectivity index (χ0v) is 14.2. The first-order valence-corrected chi connectivity index (χ1v) is 8.67. The Morgan fingerprint density at radius 2 is 2.04 bits per heavy atom. The van der Waals surface area contributed by atoms with Gasteiger partial charge in [0.05, 0.1) is 11.4 Å². The summed E-state index contributed by atoms with van der Waals surface area (Å²) in [5.74, 6) is -0.108. The van der Waals surface area contributed by atoms with Crippen LogP contribution in [0, 0.1) is 6.92 Å². The standard InChI is InChI=1S/C20H21N3O2/c1-13-4-6-14(7-5-13)12-21-19(24)15-8-9-17-16(11-15)22-20(25)18-3-2-10-23(17)18/h4-9,11,18H,2-3,10,12H2,1H3,(H,21,24)(H,22,25)/t18-/m1/s1. The van der Waals surface area contributed by atoms with Crippen LogP contribution in [0.3, 0.4) is 0 Å². The van der Waals surface area contributed by atoms with Gasteiger partial charge >= 0.3 is 0 Å². The molecule has 2 heterocycles. The van der Waals surface area contributed by atoms with Gasteiger partial charge in [0.25, 0.3) is 5.91 Å². The number of nitrogens with one attached hydrogen (secondary N) is 2. The Hall–Kier alpha value is -2.82. The second kappa shape index (κ2) is 6.24. The zero-order chi connectivity index (χ0) is 17.4. The zero-order valence-electron chi connectivity index (χ0n) is 14.2. The van der Waals surface area contributed by atoms with Gasteiger partial charge in [-0.1, -0.05) is 29.8 Å². The summed E-state index contributed by atoms with van der Waals surface area (Å²) in [5.41, 5.74) is 4.55. The topological polar surface area (TPSA) is 61.4 Å². The fourth-order valence-electron chi connectivity index (χ4n) is 3.56. The van der Waals surface area contributed by atoms with Gasteiger partial charge in [0.1, 0.15) is 6.04 Å². The minimum atomic E-state index is -0.138. The Kier molecular flexibility index (Phi) is 3.92. The smallest absolute Gasteiger partial charge is 0.251 e. The van der Waals surface area contributed by atoms with Crippen LogP contribution >= 0.6 is 0 Å². The monoisotopic (exact) mass is 335 g/mol. The van der Waals surface area contributed by atoms with Gasteiger partial charge in [0.2, 0.25) is 5.91 Å². The number of anilines is 2. The number of benzene rings is 2. The van der Waals surface area contributed by atoms with Crippen molar-refractivity contribution in [1.82, 2.24) is 5.32 Å². The van der Waals surface area contributed by atoms with E-state index >= 15 is 0 Å². The molecule has 0 bridgehead atoms. The highest BCUT2D eigenvalue weighted by Gasteiger charge is 2.36. The summed E-state index contributed by atoms with van der Waals surface area (Å²) >= 11 is 0. The van der Waals surface area contributed by atoms with E-state index in [4.69, 9.17) is 0 Å². The van der Waals surface area contributed by atoms with Gasteiger partial charge in [-0.15, -0.1) is 0 Å². The third-order valence-corrected chi connectivity index (χ3v) is 4.96. The van der Waals surface area contributed by atoms with Crippen molar-refractivity contribution >= 4 is 23.2 Å². The predicted octanol–water partition coefficient (Wildman–Crippen LogP) is 2.85. The maximum Gasteiger partial charge on any atom is 0.251 e. The van der Waals surface area contributed by atoms with E-state index in [1.165, 1.54) is 5.56 Å². The van der Waals surface area contributed by atoms with E-state index in [0.717, 1.165) is 36.3 Å². The number of hydrogen-bond donors (Lipinski definition) is 2.